The highest BCUT2D eigenvalue weighted by atomic mass is 32.2. The molecule has 3 aromatic rings. The highest BCUT2D eigenvalue weighted by molar-refractivity contribution is 7.89. The van der Waals surface area contributed by atoms with Crippen LogP contribution in [0.15, 0.2) is 53.4 Å². The van der Waals surface area contributed by atoms with Gasteiger partial charge in [0.2, 0.25) is 10.0 Å². The Morgan fingerprint density at radius 1 is 0.943 bits per heavy atom. The lowest BCUT2D eigenvalue weighted by Crippen LogP contribution is -2.36. The van der Waals surface area contributed by atoms with E-state index in [1.807, 2.05) is 24.3 Å². The van der Waals surface area contributed by atoms with Gasteiger partial charge in [-0.05, 0) is 50.5 Å². The van der Waals surface area contributed by atoms with E-state index in [4.69, 9.17) is 9.47 Å². The molecule has 9 heteroatoms. The van der Waals surface area contributed by atoms with Gasteiger partial charge in [-0.3, -0.25) is 0 Å². The molecule has 35 heavy (non-hydrogen) atoms. The van der Waals surface area contributed by atoms with Gasteiger partial charge in [0.15, 0.2) is 0 Å². The molecule has 0 saturated carbocycles. The summed E-state index contributed by atoms with van der Waals surface area (Å²) >= 11 is 0. The number of pyridine rings is 1. The summed E-state index contributed by atoms with van der Waals surface area (Å²) in [5, 5.41) is 0.795. The number of hydrogen-bond acceptors (Lipinski definition) is 7. The number of aryl methyl sites for hydroxylation is 1. The van der Waals surface area contributed by atoms with Gasteiger partial charge in [-0.1, -0.05) is 36.8 Å². The SMILES string of the molecule is CCOC(=O)c1c(COC(=O)c2ccccc2S(=O)(=O)N2CCCCC2)nc2ccccc2c1C. The second-order valence-electron chi connectivity index (χ2n) is 8.33. The maximum Gasteiger partial charge on any atom is 0.340 e. The summed E-state index contributed by atoms with van der Waals surface area (Å²) in [7, 11) is -3.84. The van der Waals surface area contributed by atoms with Crippen molar-refractivity contribution in [2.75, 3.05) is 19.7 Å². The van der Waals surface area contributed by atoms with Crippen molar-refractivity contribution in [3.63, 3.8) is 0 Å². The summed E-state index contributed by atoms with van der Waals surface area (Å²) in [5.74, 6) is -1.36. The molecule has 2 aromatic carbocycles. The van der Waals surface area contributed by atoms with Gasteiger partial charge in [-0.15, -0.1) is 0 Å². The highest BCUT2D eigenvalue weighted by Gasteiger charge is 2.30. The molecule has 1 aliphatic rings. The molecule has 0 unspecified atom stereocenters. The quantitative estimate of drug-likeness (QED) is 0.451. The summed E-state index contributed by atoms with van der Waals surface area (Å²) in [5.41, 5.74) is 1.77. The molecule has 0 bridgehead atoms. The number of aromatic nitrogens is 1. The van der Waals surface area contributed by atoms with Crippen LogP contribution in [0.1, 0.15) is 58.2 Å². The predicted octanol–water partition coefficient (Wildman–Crippen LogP) is 4.25. The maximum atomic E-state index is 13.2. The zero-order valence-electron chi connectivity index (χ0n) is 19.8. The van der Waals surface area contributed by atoms with Gasteiger partial charge in [-0.25, -0.2) is 23.0 Å². The molecule has 0 aliphatic carbocycles. The molecule has 0 amide bonds. The minimum Gasteiger partial charge on any atom is -0.462 e. The van der Waals surface area contributed by atoms with Crippen molar-refractivity contribution >= 4 is 32.9 Å². The standard InChI is InChI=1S/C26H28N2O6S/c1-3-33-26(30)24-18(2)19-11-5-7-13-21(19)27-22(24)17-34-25(29)20-12-6-8-14-23(20)35(31,32)28-15-9-4-10-16-28/h5-8,11-14H,3-4,9-10,15-17H2,1-2H3. The van der Waals surface area contributed by atoms with Crippen LogP contribution >= 0.6 is 0 Å². The van der Waals surface area contributed by atoms with Crippen LogP contribution in [0, 0.1) is 6.92 Å². The molecule has 0 atom stereocenters. The zero-order chi connectivity index (χ0) is 25.0. The topological polar surface area (TPSA) is 103 Å². The Labute approximate surface area is 204 Å². The van der Waals surface area contributed by atoms with Gasteiger partial charge >= 0.3 is 11.9 Å². The van der Waals surface area contributed by atoms with Crippen molar-refractivity contribution < 1.29 is 27.5 Å². The summed E-state index contributed by atoms with van der Waals surface area (Å²) in [6, 6.07) is 13.4. The zero-order valence-corrected chi connectivity index (χ0v) is 20.6. The van der Waals surface area contributed by atoms with Gasteiger partial charge in [-0.2, -0.15) is 4.31 Å². The Bertz CT molecular complexity index is 1360. The van der Waals surface area contributed by atoms with Crippen molar-refractivity contribution in [2.45, 2.75) is 44.6 Å². The van der Waals surface area contributed by atoms with Crippen LogP contribution in [0.3, 0.4) is 0 Å². The van der Waals surface area contributed by atoms with E-state index < -0.39 is 22.0 Å². The van der Waals surface area contributed by atoms with E-state index in [0.29, 0.717) is 24.2 Å². The van der Waals surface area contributed by atoms with Crippen LogP contribution < -0.4 is 0 Å². The molecule has 1 saturated heterocycles. The lowest BCUT2D eigenvalue weighted by molar-refractivity contribution is 0.0441. The van der Waals surface area contributed by atoms with Gasteiger partial charge in [0, 0.05) is 18.5 Å². The number of nitrogens with zero attached hydrogens (tertiary/aromatic N) is 2. The Kier molecular flexibility index (Phi) is 7.47. The molecule has 4 rings (SSSR count). The van der Waals surface area contributed by atoms with E-state index in [9.17, 15) is 18.0 Å². The van der Waals surface area contributed by atoms with Crippen molar-refractivity contribution in [3.8, 4) is 0 Å². The third kappa shape index (κ3) is 5.06. The Hall–Kier alpha value is -3.30. The normalized spacial score (nSPS) is 14.6. The summed E-state index contributed by atoms with van der Waals surface area (Å²) in [4.78, 5) is 30.3. The second kappa shape index (κ2) is 10.5. The van der Waals surface area contributed by atoms with Gasteiger partial charge in [0.1, 0.15) is 6.61 Å². The third-order valence-electron chi connectivity index (χ3n) is 6.09. The Morgan fingerprint density at radius 2 is 1.63 bits per heavy atom. The number of carbonyl (C=O) groups is 2. The van der Waals surface area contributed by atoms with Gasteiger partial charge in [0.05, 0.1) is 33.8 Å². The number of hydrogen-bond donors (Lipinski definition) is 0. The number of para-hydroxylation sites is 1. The highest BCUT2D eigenvalue weighted by Crippen LogP contribution is 2.27. The Balaban J connectivity index is 1.65. The fourth-order valence-electron chi connectivity index (χ4n) is 4.34. The first-order valence-corrected chi connectivity index (χ1v) is 13.1. The van der Waals surface area contributed by atoms with Crippen LogP contribution in [0.4, 0.5) is 0 Å². The molecular weight excluding hydrogens is 468 g/mol. The lowest BCUT2D eigenvalue weighted by atomic mass is 10.0. The van der Waals surface area contributed by atoms with Crippen molar-refractivity contribution in [1.29, 1.82) is 0 Å². The van der Waals surface area contributed by atoms with Crippen molar-refractivity contribution in [2.24, 2.45) is 0 Å². The van der Waals surface area contributed by atoms with E-state index in [1.54, 1.807) is 26.0 Å². The maximum absolute atomic E-state index is 13.2. The number of esters is 2. The fraction of sp³-hybridized carbons (Fsp3) is 0.346. The number of piperidine rings is 1. The monoisotopic (exact) mass is 496 g/mol. The summed E-state index contributed by atoms with van der Waals surface area (Å²) < 4.78 is 38.6. The summed E-state index contributed by atoms with van der Waals surface area (Å²) in [6.45, 7) is 4.23. The third-order valence-corrected chi connectivity index (χ3v) is 8.04. The molecule has 0 spiro atoms. The van der Waals surface area contributed by atoms with E-state index in [1.165, 1.54) is 16.4 Å². The summed E-state index contributed by atoms with van der Waals surface area (Å²) in [6.07, 6.45) is 2.56. The van der Waals surface area contributed by atoms with Gasteiger partial charge < -0.3 is 9.47 Å². The first kappa shape index (κ1) is 24.8. The smallest absolute Gasteiger partial charge is 0.340 e. The molecule has 0 radical (unpaired) electrons. The van der Waals surface area contributed by atoms with Crippen LogP contribution in [0.2, 0.25) is 0 Å². The number of sulfonamides is 1. The number of fused-ring (bicyclic) bond motifs is 1. The average molecular weight is 497 g/mol. The molecule has 184 valence electrons. The van der Waals surface area contributed by atoms with Crippen LogP contribution in [0.25, 0.3) is 10.9 Å². The van der Waals surface area contributed by atoms with Crippen LogP contribution in [-0.4, -0.2) is 49.3 Å². The molecular formula is C26H28N2O6S. The number of benzene rings is 2. The van der Waals surface area contributed by atoms with Crippen molar-refractivity contribution in [1.82, 2.24) is 9.29 Å². The molecule has 1 aromatic heterocycles. The van der Waals surface area contributed by atoms with Crippen molar-refractivity contribution in [3.05, 3.63) is 70.9 Å². The van der Waals surface area contributed by atoms with Crippen LogP contribution in [-0.2, 0) is 26.1 Å². The van der Waals surface area contributed by atoms with E-state index in [2.05, 4.69) is 4.98 Å². The molecule has 1 fully saturated rings. The molecule has 0 N–H and O–H groups in total. The van der Waals surface area contributed by atoms with E-state index in [0.717, 1.165) is 24.6 Å². The predicted molar refractivity (Wildman–Crippen MR) is 131 cm³/mol. The Morgan fingerprint density at radius 3 is 2.37 bits per heavy atom. The van der Waals surface area contributed by atoms with Gasteiger partial charge in [0.25, 0.3) is 0 Å². The minimum atomic E-state index is -3.84. The molecule has 8 nitrogen and oxygen atoms in total. The number of carbonyl (C=O) groups excluding carboxylic acids is 2. The van der Waals surface area contributed by atoms with E-state index in [-0.39, 0.29) is 34.9 Å². The first-order valence-electron chi connectivity index (χ1n) is 11.7. The number of ether oxygens (including phenoxy) is 2. The lowest BCUT2D eigenvalue weighted by Gasteiger charge is -2.26. The minimum absolute atomic E-state index is 0.0479. The first-order chi connectivity index (χ1) is 16.8. The van der Waals surface area contributed by atoms with Crippen LogP contribution in [0.5, 0.6) is 0 Å². The van der Waals surface area contributed by atoms with E-state index >= 15 is 0 Å². The fourth-order valence-corrected chi connectivity index (χ4v) is 6.03. The average Bonchev–Trinajstić information content (AvgIpc) is 2.88. The molecule has 1 aliphatic heterocycles. The largest absolute Gasteiger partial charge is 0.462 e. The second-order valence-corrected chi connectivity index (χ2v) is 10.2. The number of rotatable bonds is 7. The molecule has 2 heterocycles.